The molecule has 0 spiro atoms. The minimum Gasteiger partial charge on any atom is -0.475 e. The SMILES string of the molecule is CNC(=O)CCn1ccc(-c2cc3c(ccc4nnc(C)n43)n2Cc2cccc(Cl)c2)n1.O=C(O)C(F)(F)F. The van der Waals surface area contributed by atoms with Gasteiger partial charge in [-0.2, -0.15) is 18.3 Å². The minimum absolute atomic E-state index is 0.0115. The Morgan fingerprint density at radius 3 is 2.49 bits per heavy atom. The molecule has 4 aromatic heterocycles. The summed E-state index contributed by atoms with van der Waals surface area (Å²) in [5.74, 6) is -1.94. The number of carboxylic acid groups (broad SMARTS) is 1. The molecule has 0 saturated heterocycles. The van der Waals surface area contributed by atoms with E-state index in [0.717, 1.165) is 39.5 Å². The summed E-state index contributed by atoms with van der Waals surface area (Å²) in [4.78, 5) is 20.5. The molecule has 0 saturated carbocycles. The van der Waals surface area contributed by atoms with Gasteiger partial charge in [0, 0.05) is 37.8 Å². The number of carbonyl (C=O) groups excluding carboxylic acids is 1. The molecule has 0 aliphatic rings. The molecule has 14 heteroatoms. The van der Waals surface area contributed by atoms with E-state index in [2.05, 4.69) is 42.7 Å². The van der Waals surface area contributed by atoms with Gasteiger partial charge < -0.3 is 15.0 Å². The molecule has 10 nitrogen and oxygen atoms in total. The molecule has 5 rings (SSSR count). The standard InChI is InChI=1S/C23H22ClN7O.C2HF3O2/c1-15-26-27-22-7-6-19-21(31(15)22)13-20(30(19)14-16-4-3-5-17(24)12-16)18-8-10-29(28-18)11-9-23(32)25-2;3-2(4,5)1(6)7/h3-8,10,12-13H,9,11,14H2,1-2H3,(H,25,32);(H,6,7). The number of fused-ring (bicyclic) bond motifs is 3. The third kappa shape index (κ3) is 6.20. The molecule has 4 heterocycles. The third-order valence-corrected chi connectivity index (χ3v) is 6.06. The van der Waals surface area contributed by atoms with Crippen LogP contribution in [0.1, 0.15) is 17.8 Å². The highest BCUT2D eigenvalue weighted by molar-refractivity contribution is 6.30. The van der Waals surface area contributed by atoms with Crippen molar-refractivity contribution in [3.8, 4) is 11.4 Å². The lowest BCUT2D eigenvalue weighted by Crippen LogP contribution is -2.21. The van der Waals surface area contributed by atoms with Gasteiger partial charge in [-0.3, -0.25) is 13.9 Å². The maximum Gasteiger partial charge on any atom is 0.490 e. The molecule has 0 aliphatic carbocycles. The Balaban J connectivity index is 0.000000448. The van der Waals surface area contributed by atoms with Crippen molar-refractivity contribution in [2.75, 3.05) is 7.05 Å². The van der Waals surface area contributed by atoms with Gasteiger partial charge in [0.05, 0.1) is 16.7 Å². The van der Waals surface area contributed by atoms with Crippen molar-refractivity contribution < 1.29 is 27.9 Å². The fourth-order valence-electron chi connectivity index (χ4n) is 4.01. The molecular weight excluding hydrogens is 539 g/mol. The van der Waals surface area contributed by atoms with Crippen LogP contribution in [0, 0.1) is 6.92 Å². The Kier molecular flexibility index (Phi) is 7.90. The molecular formula is C25H23ClF3N7O3. The normalized spacial score (nSPS) is 11.4. The second-order valence-corrected chi connectivity index (χ2v) is 8.92. The molecule has 0 aliphatic heterocycles. The van der Waals surface area contributed by atoms with Crippen LogP contribution >= 0.6 is 11.6 Å². The van der Waals surface area contributed by atoms with E-state index in [1.807, 2.05) is 43.5 Å². The predicted octanol–water partition coefficient (Wildman–Crippen LogP) is 4.33. The Hall–Kier alpha value is -4.39. The number of benzene rings is 1. The van der Waals surface area contributed by atoms with Crippen molar-refractivity contribution in [2.24, 2.45) is 0 Å². The van der Waals surface area contributed by atoms with Gasteiger partial charge in [0.15, 0.2) is 5.65 Å². The summed E-state index contributed by atoms with van der Waals surface area (Å²) in [6.07, 6.45) is -2.80. The van der Waals surface area contributed by atoms with Crippen molar-refractivity contribution in [3.63, 3.8) is 0 Å². The van der Waals surface area contributed by atoms with Crippen LogP contribution < -0.4 is 5.32 Å². The molecule has 1 aromatic carbocycles. The van der Waals surface area contributed by atoms with Crippen molar-refractivity contribution in [2.45, 2.75) is 32.6 Å². The van der Waals surface area contributed by atoms with Gasteiger partial charge in [-0.1, -0.05) is 23.7 Å². The molecule has 2 N–H and O–H groups in total. The second-order valence-electron chi connectivity index (χ2n) is 8.48. The first-order valence-electron chi connectivity index (χ1n) is 11.6. The molecule has 0 fully saturated rings. The van der Waals surface area contributed by atoms with Gasteiger partial charge in [0.1, 0.15) is 11.5 Å². The van der Waals surface area contributed by atoms with Crippen LogP contribution in [0.5, 0.6) is 0 Å². The Labute approximate surface area is 224 Å². The van der Waals surface area contributed by atoms with Crippen LogP contribution in [0.4, 0.5) is 13.2 Å². The predicted molar refractivity (Wildman–Crippen MR) is 137 cm³/mol. The largest absolute Gasteiger partial charge is 0.490 e. The summed E-state index contributed by atoms with van der Waals surface area (Å²) in [6, 6.07) is 16.0. The second kappa shape index (κ2) is 11.2. The Morgan fingerprint density at radius 1 is 1.08 bits per heavy atom. The molecule has 0 radical (unpaired) electrons. The number of hydrogen-bond donors (Lipinski definition) is 2. The van der Waals surface area contributed by atoms with Crippen molar-refractivity contribution in [3.05, 3.63) is 71.1 Å². The van der Waals surface area contributed by atoms with E-state index in [-0.39, 0.29) is 5.91 Å². The number of aliphatic carboxylic acids is 1. The van der Waals surface area contributed by atoms with Crippen molar-refractivity contribution >= 4 is 40.2 Å². The highest BCUT2D eigenvalue weighted by Gasteiger charge is 2.38. The number of pyridine rings is 1. The smallest absolute Gasteiger partial charge is 0.475 e. The number of carboxylic acids is 1. The monoisotopic (exact) mass is 561 g/mol. The highest BCUT2D eigenvalue weighted by atomic mass is 35.5. The highest BCUT2D eigenvalue weighted by Crippen LogP contribution is 2.30. The van der Waals surface area contributed by atoms with Gasteiger partial charge in [-0.15, -0.1) is 10.2 Å². The van der Waals surface area contributed by atoms with E-state index in [0.29, 0.717) is 24.5 Å². The van der Waals surface area contributed by atoms with Gasteiger partial charge in [0.2, 0.25) is 5.91 Å². The van der Waals surface area contributed by atoms with Gasteiger partial charge in [0.25, 0.3) is 0 Å². The first kappa shape index (κ1) is 27.6. The lowest BCUT2D eigenvalue weighted by atomic mass is 10.2. The Bertz CT molecular complexity index is 1660. The summed E-state index contributed by atoms with van der Waals surface area (Å²) in [6.45, 7) is 3.10. The fourth-order valence-corrected chi connectivity index (χ4v) is 4.22. The van der Waals surface area contributed by atoms with E-state index >= 15 is 0 Å². The van der Waals surface area contributed by atoms with Crippen LogP contribution in [-0.2, 0) is 22.7 Å². The van der Waals surface area contributed by atoms with E-state index < -0.39 is 12.1 Å². The minimum atomic E-state index is -5.08. The molecule has 0 bridgehead atoms. The van der Waals surface area contributed by atoms with Crippen LogP contribution in [0.2, 0.25) is 5.02 Å². The van der Waals surface area contributed by atoms with Gasteiger partial charge >= 0.3 is 12.1 Å². The maximum atomic E-state index is 11.6. The van der Waals surface area contributed by atoms with E-state index in [1.54, 1.807) is 11.7 Å². The molecule has 0 atom stereocenters. The molecule has 0 unspecified atom stereocenters. The van der Waals surface area contributed by atoms with E-state index in [4.69, 9.17) is 26.6 Å². The third-order valence-electron chi connectivity index (χ3n) is 5.82. The molecule has 204 valence electrons. The fraction of sp³-hybridized carbons (Fsp3) is 0.240. The van der Waals surface area contributed by atoms with Gasteiger partial charge in [-0.05, 0) is 48.9 Å². The number of aryl methyl sites for hydroxylation is 2. The zero-order valence-corrected chi connectivity index (χ0v) is 21.5. The number of amides is 1. The number of carbonyl (C=O) groups is 2. The summed E-state index contributed by atoms with van der Waals surface area (Å²) in [7, 11) is 1.64. The summed E-state index contributed by atoms with van der Waals surface area (Å²) < 4.78 is 37.8. The lowest BCUT2D eigenvalue weighted by molar-refractivity contribution is -0.192. The Morgan fingerprint density at radius 2 is 1.82 bits per heavy atom. The quantitative estimate of drug-likeness (QED) is 0.318. The number of nitrogens with zero attached hydrogens (tertiary/aromatic N) is 6. The molecule has 1 amide bonds. The lowest BCUT2D eigenvalue weighted by Gasteiger charge is -2.10. The number of nitrogens with one attached hydrogen (secondary N) is 1. The van der Waals surface area contributed by atoms with Crippen LogP contribution in [0.25, 0.3) is 28.1 Å². The number of aromatic nitrogens is 6. The number of rotatable bonds is 6. The van der Waals surface area contributed by atoms with E-state index in [9.17, 15) is 18.0 Å². The average Bonchev–Trinajstić information content (AvgIpc) is 3.60. The van der Waals surface area contributed by atoms with E-state index in [1.165, 1.54) is 0 Å². The zero-order chi connectivity index (χ0) is 28.3. The van der Waals surface area contributed by atoms with Crippen LogP contribution in [-0.4, -0.2) is 59.2 Å². The molecule has 39 heavy (non-hydrogen) atoms. The zero-order valence-electron chi connectivity index (χ0n) is 20.8. The average molecular weight is 562 g/mol. The first-order valence-corrected chi connectivity index (χ1v) is 12.0. The maximum absolute atomic E-state index is 11.6. The van der Waals surface area contributed by atoms with Crippen LogP contribution in [0.3, 0.4) is 0 Å². The first-order chi connectivity index (χ1) is 18.5. The van der Waals surface area contributed by atoms with Crippen molar-refractivity contribution in [1.29, 1.82) is 0 Å². The summed E-state index contributed by atoms with van der Waals surface area (Å²) >= 11 is 6.24. The van der Waals surface area contributed by atoms with Crippen LogP contribution in [0.15, 0.2) is 54.7 Å². The van der Waals surface area contributed by atoms with Crippen molar-refractivity contribution in [1.82, 2.24) is 34.3 Å². The van der Waals surface area contributed by atoms with Gasteiger partial charge in [-0.25, -0.2) is 4.79 Å². The number of hydrogen-bond acceptors (Lipinski definition) is 5. The number of alkyl halides is 3. The summed E-state index contributed by atoms with van der Waals surface area (Å²) in [5, 5.41) is 23.7. The number of halogens is 4. The topological polar surface area (TPSA) is 119 Å². The molecule has 5 aromatic rings. The summed E-state index contributed by atoms with van der Waals surface area (Å²) in [5.41, 5.74) is 5.77.